The molecule has 1 amide bonds. The Morgan fingerprint density at radius 3 is 2.67 bits per heavy atom. The molecule has 0 aromatic heterocycles. The van der Waals surface area contributed by atoms with E-state index in [0.717, 1.165) is 12.8 Å². The van der Waals surface area contributed by atoms with Gasteiger partial charge in [0.25, 0.3) is 5.91 Å². The predicted octanol–water partition coefficient (Wildman–Crippen LogP) is 1.57. The van der Waals surface area contributed by atoms with E-state index in [9.17, 15) is 14.7 Å². The molecule has 0 atom stereocenters. The molecular formula is C15H19NO5. The van der Waals surface area contributed by atoms with Gasteiger partial charge in [0.1, 0.15) is 6.54 Å². The van der Waals surface area contributed by atoms with Gasteiger partial charge in [-0.05, 0) is 31.9 Å². The number of carbonyl (C=O) groups is 2. The summed E-state index contributed by atoms with van der Waals surface area (Å²) >= 11 is 0. The van der Waals surface area contributed by atoms with E-state index >= 15 is 0 Å². The Morgan fingerprint density at radius 1 is 1.38 bits per heavy atom. The van der Waals surface area contributed by atoms with Gasteiger partial charge in [0.05, 0.1) is 19.3 Å². The fourth-order valence-electron chi connectivity index (χ4n) is 2.11. The second-order valence-corrected chi connectivity index (χ2v) is 4.83. The summed E-state index contributed by atoms with van der Waals surface area (Å²) in [7, 11) is 1.42. The molecular weight excluding hydrogens is 274 g/mol. The van der Waals surface area contributed by atoms with Gasteiger partial charge in [0.15, 0.2) is 11.5 Å². The van der Waals surface area contributed by atoms with Crippen LogP contribution < -0.4 is 4.74 Å². The highest BCUT2D eigenvalue weighted by Gasteiger charge is 2.35. The second-order valence-electron chi connectivity index (χ2n) is 4.83. The number of benzene rings is 1. The molecule has 114 valence electrons. The SMILES string of the molecule is CCOC(=O)CN(C(=O)c1cccc(OC)c1O)C1CC1. The Morgan fingerprint density at radius 2 is 2.10 bits per heavy atom. The smallest absolute Gasteiger partial charge is 0.325 e. The Bertz CT molecular complexity index is 539. The van der Waals surface area contributed by atoms with Crippen LogP contribution in [0.2, 0.25) is 0 Å². The first-order chi connectivity index (χ1) is 10.1. The van der Waals surface area contributed by atoms with Crippen LogP contribution >= 0.6 is 0 Å². The van der Waals surface area contributed by atoms with Crippen LogP contribution in [-0.2, 0) is 9.53 Å². The van der Waals surface area contributed by atoms with Gasteiger partial charge in [-0.15, -0.1) is 0 Å². The third-order valence-corrected chi connectivity index (χ3v) is 3.30. The van der Waals surface area contributed by atoms with Crippen LogP contribution in [0.1, 0.15) is 30.1 Å². The van der Waals surface area contributed by atoms with Gasteiger partial charge >= 0.3 is 5.97 Å². The molecule has 0 aliphatic heterocycles. The first-order valence-electron chi connectivity index (χ1n) is 6.91. The Kier molecular flexibility index (Phi) is 4.67. The number of methoxy groups -OCH3 is 1. The van der Waals surface area contributed by atoms with E-state index in [1.807, 2.05) is 0 Å². The topological polar surface area (TPSA) is 76.1 Å². The van der Waals surface area contributed by atoms with Gasteiger partial charge in [-0.2, -0.15) is 0 Å². The zero-order valence-electron chi connectivity index (χ0n) is 12.2. The maximum atomic E-state index is 12.6. The highest BCUT2D eigenvalue weighted by atomic mass is 16.5. The van der Waals surface area contributed by atoms with Gasteiger partial charge in [0, 0.05) is 6.04 Å². The lowest BCUT2D eigenvalue weighted by Crippen LogP contribution is -2.38. The number of phenolic OH excluding ortho intramolecular Hbond substituents is 1. The molecule has 0 spiro atoms. The largest absolute Gasteiger partial charge is 0.504 e. The first kappa shape index (κ1) is 15.2. The minimum Gasteiger partial charge on any atom is -0.504 e. The van der Waals surface area contributed by atoms with Crippen molar-refractivity contribution in [3.63, 3.8) is 0 Å². The van der Waals surface area contributed by atoms with Gasteiger partial charge in [-0.1, -0.05) is 6.07 Å². The van der Waals surface area contributed by atoms with Crippen LogP contribution in [0, 0.1) is 0 Å². The predicted molar refractivity (Wildman–Crippen MR) is 75.4 cm³/mol. The van der Waals surface area contributed by atoms with Crippen molar-refractivity contribution in [3.8, 4) is 11.5 Å². The Hall–Kier alpha value is -2.24. The van der Waals surface area contributed by atoms with E-state index in [0.29, 0.717) is 0 Å². The van der Waals surface area contributed by atoms with Crippen molar-refractivity contribution in [1.29, 1.82) is 0 Å². The number of hydrogen-bond acceptors (Lipinski definition) is 5. The molecule has 1 fully saturated rings. The summed E-state index contributed by atoms with van der Waals surface area (Å²) in [6.45, 7) is 1.89. The monoisotopic (exact) mass is 293 g/mol. The number of ether oxygens (including phenoxy) is 2. The summed E-state index contributed by atoms with van der Waals surface area (Å²) < 4.78 is 9.89. The molecule has 21 heavy (non-hydrogen) atoms. The summed E-state index contributed by atoms with van der Waals surface area (Å²) in [5.74, 6) is -0.811. The molecule has 1 aromatic rings. The summed E-state index contributed by atoms with van der Waals surface area (Å²) in [5, 5.41) is 10.1. The van der Waals surface area contributed by atoms with Crippen LogP contribution in [0.15, 0.2) is 18.2 Å². The molecule has 1 aliphatic carbocycles. The first-order valence-corrected chi connectivity index (χ1v) is 6.91. The molecule has 1 aromatic carbocycles. The molecule has 0 unspecified atom stereocenters. The number of nitrogens with zero attached hydrogens (tertiary/aromatic N) is 1. The standard InChI is InChI=1S/C15H19NO5/c1-3-21-13(17)9-16(10-7-8-10)15(19)11-5-4-6-12(20-2)14(11)18/h4-6,10,18H,3,7-9H2,1-2H3. The minimum atomic E-state index is -0.444. The van der Waals surface area contributed by atoms with Crippen molar-refractivity contribution in [2.45, 2.75) is 25.8 Å². The maximum Gasteiger partial charge on any atom is 0.325 e. The van der Waals surface area contributed by atoms with E-state index in [2.05, 4.69) is 0 Å². The summed E-state index contributed by atoms with van der Waals surface area (Å²) in [6.07, 6.45) is 1.71. The lowest BCUT2D eigenvalue weighted by Gasteiger charge is -2.22. The number of para-hydroxylation sites is 1. The normalized spacial score (nSPS) is 13.6. The van der Waals surface area contributed by atoms with Crippen molar-refractivity contribution in [3.05, 3.63) is 23.8 Å². The fourth-order valence-corrected chi connectivity index (χ4v) is 2.11. The van der Waals surface area contributed by atoms with Crippen molar-refractivity contribution >= 4 is 11.9 Å². The van der Waals surface area contributed by atoms with Crippen molar-refractivity contribution in [2.75, 3.05) is 20.3 Å². The van der Waals surface area contributed by atoms with Crippen LogP contribution in [0.25, 0.3) is 0 Å². The summed E-state index contributed by atoms with van der Waals surface area (Å²) in [4.78, 5) is 25.6. The third kappa shape index (κ3) is 3.45. The number of carbonyl (C=O) groups excluding carboxylic acids is 2. The van der Waals surface area contributed by atoms with E-state index in [4.69, 9.17) is 9.47 Å². The van der Waals surface area contributed by atoms with E-state index in [-0.39, 0.29) is 42.2 Å². The van der Waals surface area contributed by atoms with Crippen molar-refractivity contribution < 1.29 is 24.2 Å². The second kappa shape index (κ2) is 6.47. The van der Waals surface area contributed by atoms with Crippen LogP contribution in [0.4, 0.5) is 0 Å². The van der Waals surface area contributed by atoms with Crippen LogP contribution in [-0.4, -0.2) is 48.2 Å². The molecule has 1 saturated carbocycles. The Balaban J connectivity index is 2.21. The van der Waals surface area contributed by atoms with Crippen molar-refractivity contribution in [1.82, 2.24) is 4.90 Å². The molecule has 6 nitrogen and oxygen atoms in total. The summed E-state index contributed by atoms with van der Waals surface area (Å²) in [5.41, 5.74) is 0.130. The van der Waals surface area contributed by atoms with Crippen LogP contribution in [0.3, 0.4) is 0 Å². The average Bonchev–Trinajstić information content (AvgIpc) is 3.29. The molecule has 6 heteroatoms. The molecule has 0 saturated heterocycles. The zero-order chi connectivity index (χ0) is 15.4. The van der Waals surface area contributed by atoms with Gasteiger partial charge in [-0.25, -0.2) is 0 Å². The molecule has 0 bridgehead atoms. The number of rotatable bonds is 6. The quantitative estimate of drug-likeness (QED) is 0.806. The van der Waals surface area contributed by atoms with Crippen molar-refractivity contribution in [2.24, 2.45) is 0 Å². The van der Waals surface area contributed by atoms with Gasteiger partial charge < -0.3 is 19.5 Å². The third-order valence-electron chi connectivity index (χ3n) is 3.30. The molecule has 1 N–H and O–H groups in total. The highest BCUT2D eigenvalue weighted by Crippen LogP contribution is 2.33. The van der Waals surface area contributed by atoms with Gasteiger partial charge in [0.2, 0.25) is 0 Å². The lowest BCUT2D eigenvalue weighted by molar-refractivity contribution is -0.144. The molecule has 0 heterocycles. The maximum absolute atomic E-state index is 12.6. The molecule has 2 rings (SSSR count). The van der Waals surface area contributed by atoms with E-state index in [1.165, 1.54) is 18.1 Å². The summed E-state index contributed by atoms with van der Waals surface area (Å²) in [6, 6.07) is 4.74. The minimum absolute atomic E-state index is 0.0347. The fraction of sp³-hybridized carbons (Fsp3) is 0.467. The Labute approximate surface area is 123 Å². The average molecular weight is 293 g/mol. The number of phenols is 1. The van der Waals surface area contributed by atoms with Gasteiger partial charge in [-0.3, -0.25) is 9.59 Å². The molecule has 1 aliphatic rings. The molecule has 0 radical (unpaired) electrons. The van der Waals surface area contributed by atoms with Crippen LogP contribution in [0.5, 0.6) is 11.5 Å². The van der Waals surface area contributed by atoms with E-state index in [1.54, 1.807) is 19.1 Å². The van der Waals surface area contributed by atoms with E-state index < -0.39 is 5.97 Å². The highest BCUT2D eigenvalue weighted by molar-refractivity contribution is 5.99. The number of hydrogen-bond donors (Lipinski definition) is 1. The lowest BCUT2D eigenvalue weighted by atomic mass is 10.1. The number of aromatic hydroxyl groups is 1. The number of esters is 1. The number of amides is 1. The zero-order valence-corrected chi connectivity index (χ0v) is 12.2.